The van der Waals surface area contributed by atoms with E-state index in [4.69, 9.17) is 9.47 Å². The fourth-order valence-electron chi connectivity index (χ4n) is 2.65. The lowest BCUT2D eigenvalue weighted by atomic mass is 9.92. The first-order chi connectivity index (χ1) is 11.2. The van der Waals surface area contributed by atoms with E-state index >= 15 is 0 Å². The maximum atomic E-state index is 13.0. The number of hydrogen-bond acceptors (Lipinski definition) is 4. The van der Waals surface area contributed by atoms with Gasteiger partial charge in [0.15, 0.2) is 0 Å². The summed E-state index contributed by atoms with van der Waals surface area (Å²) in [7, 11) is 0. The number of amides is 1. The number of carbonyl (C=O) groups excluding carboxylic acids is 1. The normalized spacial score (nSPS) is 20.4. The fourth-order valence-corrected chi connectivity index (χ4v) is 3.34. The molecule has 1 aromatic heterocycles. The molecule has 1 saturated heterocycles. The highest BCUT2D eigenvalue weighted by atomic mass is 32.1. The van der Waals surface area contributed by atoms with Gasteiger partial charge in [-0.05, 0) is 53.6 Å². The first kappa shape index (κ1) is 16.0. The van der Waals surface area contributed by atoms with Crippen molar-refractivity contribution in [3.05, 3.63) is 52.5 Å². The van der Waals surface area contributed by atoms with Crippen molar-refractivity contribution >= 4 is 17.2 Å². The maximum absolute atomic E-state index is 13.0. The van der Waals surface area contributed by atoms with Gasteiger partial charge in [-0.3, -0.25) is 4.79 Å². The average molecular weight is 335 g/mol. The zero-order chi connectivity index (χ0) is 16.2. The lowest BCUT2D eigenvalue weighted by Crippen LogP contribution is -2.61. The number of hydrogen-bond donors (Lipinski definition) is 0. The quantitative estimate of drug-likeness (QED) is 0.576. The Labute approximate surface area is 138 Å². The lowest BCUT2D eigenvalue weighted by molar-refractivity contribution is -0.165. The van der Waals surface area contributed by atoms with Crippen LogP contribution in [-0.4, -0.2) is 36.7 Å². The number of thiophene rings is 1. The molecule has 2 heterocycles. The first-order valence-electron chi connectivity index (χ1n) is 7.53. The molecule has 0 unspecified atom stereocenters. The summed E-state index contributed by atoms with van der Waals surface area (Å²) >= 11 is 1.58. The van der Waals surface area contributed by atoms with Gasteiger partial charge in [-0.2, -0.15) is 11.3 Å². The maximum Gasteiger partial charge on any atom is 0.266 e. The lowest BCUT2D eigenvalue weighted by Gasteiger charge is -2.46. The Kier molecular flexibility index (Phi) is 4.93. The van der Waals surface area contributed by atoms with Crippen LogP contribution >= 0.6 is 11.3 Å². The fraction of sp³-hybridized carbons (Fsp3) is 0.353. The summed E-state index contributed by atoms with van der Waals surface area (Å²) in [6.07, 6.45) is -0.573. The van der Waals surface area contributed by atoms with Crippen LogP contribution in [0.5, 0.6) is 5.75 Å². The van der Waals surface area contributed by atoms with Gasteiger partial charge < -0.3 is 14.4 Å². The molecule has 1 aliphatic heterocycles. The minimum absolute atomic E-state index is 0.0646. The Morgan fingerprint density at radius 3 is 2.70 bits per heavy atom. The van der Waals surface area contributed by atoms with Crippen molar-refractivity contribution in [2.75, 3.05) is 19.8 Å². The molecule has 6 heteroatoms. The Balaban J connectivity index is 1.73. The molecule has 0 spiro atoms. The van der Waals surface area contributed by atoms with Gasteiger partial charge in [-0.25, -0.2) is 4.39 Å². The van der Waals surface area contributed by atoms with Crippen molar-refractivity contribution in [2.24, 2.45) is 0 Å². The van der Waals surface area contributed by atoms with Gasteiger partial charge in [0.25, 0.3) is 5.91 Å². The van der Waals surface area contributed by atoms with E-state index in [2.05, 4.69) is 0 Å². The van der Waals surface area contributed by atoms with Crippen molar-refractivity contribution in [1.29, 1.82) is 0 Å². The van der Waals surface area contributed by atoms with Crippen molar-refractivity contribution in [3.63, 3.8) is 0 Å². The third kappa shape index (κ3) is 3.38. The molecule has 0 saturated carbocycles. The van der Waals surface area contributed by atoms with Crippen molar-refractivity contribution in [1.82, 2.24) is 4.90 Å². The van der Waals surface area contributed by atoms with E-state index in [9.17, 15) is 9.18 Å². The predicted molar refractivity (Wildman–Crippen MR) is 86.1 cm³/mol. The van der Waals surface area contributed by atoms with Gasteiger partial charge in [0, 0.05) is 13.2 Å². The summed E-state index contributed by atoms with van der Waals surface area (Å²) < 4.78 is 24.1. The Morgan fingerprint density at radius 1 is 1.26 bits per heavy atom. The molecule has 0 N–H and O–H groups in total. The number of benzene rings is 1. The smallest absolute Gasteiger partial charge is 0.266 e. The molecule has 4 nitrogen and oxygen atoms in total. The summed E-state index contributed by atoms with van der Waals surface area (Å²) in [6, 6.07) is 7.60. The first-order valence-corrected chi connectivity index (χ1v) is 8.47. The molecule has 1 aliphatic rings. The monoisotopic (exact) mass is 335 g/mol. The van der Waals surface area contributed by atoms with E-state index in [1.807, 2.05) is 23.8 Å². The molecular weight excluding hydrogens is 317 g/mol. The third-order valence-electron chi connectivity index (χ3n) is 3.79. The van der Waals surface area contributed by atoms with Crippen LogP contribution in [0.1, 0.15) is 18.5 Å². The number of rotatable bonds is 7. The summed E-state index contributed by atoms with van der Waals surface area (Å²) in [5.74, 6) is 0.102. The van der Waals surface area contributed by atoms with Crippen molar-refractivity contribution in [3.8, 4) is 5.75 Å². The molecule has 0 radical (unpaired) electrons. The van der Waals surface area contributed by atoms with Gasteiger partial charge in [-0.15, -0.1) is 0 Å². The van der Waals surface area contributed by atoms with Gasteiger partial charge in [0.05, 0.1) is 6.61 Å². The van der Waals surface area contributed by atoms with Gasteiger partial charge in [0.1, 0.15) is 17.6 Å². The molecule has 0 aliphatic carbocycles. The van der Waals surface area contributed by atoms with Crippen LogP contribution in [0, 0.1) is 5.82 Å². The van der Waals surface area contributed by atoms with Crippen LogP contribution in [0.4, 0.5) is 4.39 Å². The zero-order valence-electron chi connectivity index (χ0n) is 12.8. The topological polar surface area (TPSA) is 38.8 Å². The summed E-state index contributed by atoms with van der Waals surface area (Å²) in [4.78, 5) is 14.2. The van der Waals surface area contributed by atoms with E-state index in [1.165, 1.54) is 24.3 Å². The van der Waals surface area contributed by atoms with Crippen molar-refractivity contribution < 1.29 is 18.7 Å². The van der Waals surface area contributed by atoms with E-state index in [1.54, 1.807) is 16.2 Å². The molecule has 23 heavy (non-hydrogen) atoms. The van der Waals surface area contributed by atoms with Crippen molar-refractivity contribution in [2.45, 2.75) is 19.1 Å². The minimum atomic E-state index is -0.573. The Hall–Kier alpha value is -1.92. The predicted octanol–water partition coefficient (Wildman–Crippen LogP) is 3.25. The molecule has 3 rings (SSSR count). The third-order valence-corrected chi connectivity index (χ3v) is 4.49. The molecule has 1 aromatic carbocycles. The van der Waals surface area contributed by atoms with E-state index < -0.39 is 6.10 Å². The van der Waals surface area contributed by atoms with Gasteiger partial charge in [-0.1, -0.05) is 0 Å². The van der Waals surface area contributed by atoms with Crippen LogP contribution < -0.4 is 4.74 Å². The molecule has 2 atom stereocenters. The molecule has 2 aromatic rings. The number of likely N-dealkylation sites (tertiary alicyclic amines) is 1. The van der Waals surface area contributed by atoms with E-state index in [0.717, 1.165) is 5.56 Å². The average Bonchev–Trinajstić information content (AvgIpc) is 3.08. The number of carbonyl (C=O) groups is 1. The Morgan fingerprint density at radius 2 is 2.04 bits per heavy atom. The van der Waals surface area contributed by atoms with Gasteiger partial charge in [0.2, 0.25) is 6.10 Å². The van der Waals surface area contributed by atoms with Crippen LogP contribution in [0.3, 0.4) is 0 Å². The van der Waals surface area contributed by atoms with Gasteiger partial charge >= 0.3 is 0 Å². The Bertz CT molecular complexity index is 644. The van der Waals surface area contributed by atoms with E-state index in [0.29, 0.717) is 25.5 Å². The second-order valence-corrected chi connectivity index (χ2v) is 6.00. The molecule has 122 valence electrons. The molecule has 1 fully saturated rings. The SMILES string of the molecule is CCOCCN1C(=O)[C@@H](Oc2ccc(F)cc2)[C@H]1c1ccsc1. The van der Waals surface area contributed by atoms with E-state index in [-0.39, 0.29) is 17.8 Å². The number of nitrogens with zero attached hydrogens (tertiary/aromatic N) is 1. The second kappa shape index (κ2) is 7.10. The largest absolute Gasteiger partial charge is 0.478 e. The van der Waals surface area contributed by atoms with Crippen LogP contribution in [-0.2, 0) is 9.53 Å². The summed E-state index contributed by atoms with van der Waals surface area (Å²) in [6.45, 7) is 3.60. The molecule has 1 amide bonds. The number of halogens is 1. The summed E-state index contributed by atoms with van der Waals surface area (Å²) in [5.41, 5.74) is 1.05. The minimum Gasteiger partial charge on any atom is -0.478 e. The number of β-lactam (4-membered cyclic amide) rings is 1. The number of ether oxygens (including phenoxy) is 2. The molecular formula is C17H18FNO3S. The van der Waals surface area contributed by atoms with Crippen LogP contribution in [0.2, 0.25) is 0 Å². The molecule has 0 bridgehead atoms. The standard InChI is InChI=1S/C17H18FNO3S/c1-2-21-9-8-19-15(12-7-10-23-11-12)16(17(19)20)22-14-5-3-13(18)4-6-14/h3-7,10-11,15-16H,2,8-9H2,1H3/t15-,16+/m1/s1. The highest BCUT2D eigenvalue weighted by Crippen LogP contribution is 2.38. The highest BCUT2D eigenvalue weighted by Gasteiger charge is 2.50. The highest BCUT2D eigenvalue weighted by molar-refractivity contribution is 7.08. The zero-order valence-corrected chi connectivity index (χ0v) is 13.6. The van der Waals surface area contributed by atoms with Crippen LogP contribution in [0.15, 0.2) is 41.1 Å². The van der Waals surface area contributed by atoms with Crippen LogP contribution in [0.25, 0.3) is 0 Å². The summed E-state index contributed by atoms with van der Waals surface area (Å²) in [5, 5.41) is 4.00. The second-order valence-electron chi connectivity index (χ2n) is 5.22.